The molecule has 2 heteroatoms. The quantitative estimate of drug-likeness (QED) is 0.273. The van der Waals surface area contributed by atoms with Crippen molar-refractivity contribution >= 4 is 32.7 Å². The molecule has 160 valence electrons. The Morgan fingerprint density at radius 1 is 0.938 bits per heavy atom. The number of aryl methyl sites for hydroxylation is 2. The summed E-state index contributed by atoms with van der Waals surface area (Å²) in [5, 5.41) is 4.59. The van der Waals surface area contributed by atoms with Gasteiger partial charge in [0.05, 0.1) is 5.56 Å². The van der Waals surface area contributed by atoms with Gasteiger partial charge in [-0.25, -0.2) is 4.57 Å². The number of aromatic nitrogens is 1. The zero-order chi connectivity index (χ0) is 23.4. The fourth-order valence-electron chi connectivity index (χ4n) is 5.33. The van der Waals surface area contributed by atoms with Gasteiger partial charge in [-0.3, -0.25) is 0 Å². The van der Waals surface area contributed by atoms with Crippen LogP contribution in [-0.4, -0.2) is 0 Å². The average molecular weight is 423 g/mol. The van der Waals surface area contributed by atoms with E-state index in [2.05, 4.69) is 66.1 Å². The zero-order valence-corrected chi connectivity index (χ0v) is 18.8. The van der Waals surface area contributed by atoms with E-state index in [0.717, 1.165) is 70.0 Å². The molecule has 32 heavy (non-hydrogen) atoms. The monoisotopic (exact) mass is 422 g/mol. The number of hydrogen-bond acceptors (Lipinski definition) is 1. The lowest BCUT2D eigenvalue weighted by molar-refractivity contribution is -0.660. The van der Waals surface area contributed by atoms with Crippen LogP contribution in [0.15, 0.2) is 71.3 Å². The van der Waals surface area contributed by atoms with Gasteiger partial charge in [0.1, 0.15) is 18.2 Å². The van der Waals surface area contributed by atoms with Gasteiger partial charge in [-0.15, -0.1) is 0 Å². The van der Waals surface area contributed by atoms with Crippen LogP contribution in [0, 0.1) is 12.8 Å². The Bertz CT molecular complexity index is 1540. The van der Waals surface area contributed by atoms with Gasteiger partial charge in [0.25, 0.3) is 0 Å². The third kappa shape index (κ3) is 3.30. The molecule has 0 spiro atoms. The number of benzene rings is 3. The van der Waals surface area contributed by atoms with Gasteiger partial charge in [-0.1, -0.05) is 68.5 Å². The third-order valence-corrected chi connectivity index (χ3v) is 7.10. The van der Waals surface area contributed by atoms with E-state index >= 15 is 0 Å². The fraction of sp³-hybridized carbons (Fsp3) is 0.300. The Hall–Kier alpha value is -3.13. The minimum Gasteiger partial charge on any atom is -0.455 e. The van der Waals surface area contributed by atoms with Crippen molar-refractivity contribution in [2.75, 3.05) is 0 Å². The van der Waals surface area contributed by atoms with Crippen molar-refractivity contribution in [2.24, 2.45) is 13.0 Å². The minimum absolute atomic E-state index is 0.0809. The first kappa shape index (κ1) is 17.4. The highest BCUT2D eigenvalue weighted by Crippen LogP contribution is 2.38. The van der Waals surface area contributed by atoms with Crippen LogP contribution in [0.5, 0.6) is 0 Å². The number of rotatable bonds is 3. The Labute approximate surface area is 192 Å². The van der Waals surface area contributed by atoms with Gasteiger partial charge in [0.2, 0.25) is 5.69 Å². The van der Waals surface area contributed by atoms with Gasteiger partial charge in [-0.05, 0) is 53.2 Å². The summed E-state index contributed by atoms with van der Waals surface area (Å²) in [6, 6.07) is 21.0. The molecule has 1 aliphatic carbocycles. The second-order valence-electron chi connectivity index (χ2n) is 9.32. The number of fused-ring (bicyclic) bond motifs is 4. The molecule has 0 saturated heterocycles. The highest BCUT2D eigenvalue weighted by atomic mass is 16.3. The van der Waals surface area contributed by atoms with Crippen LogP contribution in [0.4, 0.5) is 0 Å². The van der Waals surface area contributed by atoms with E-state index < -0.39 is 6.37 Å². The second kappa shape index (κ2) is 7.78. The predicted molar refractivity (Wildman–Crippen MR) is 133 cm³/mol. The number of nitrogens with zero attached hydrogens (tertiary/aromatic N) is 1. The van der Waals surface area contributed by atoms with Crippen LogP contribution >= 0.6 is 0 Å². The van der Waals surface area contributed by atoms with E-state index in [-0.39, 0.29) is 5.92 Å². The maximum Gasteiger partial charge on any atom is 0.216 e. The molecular formula is C30H30NO+. The van der Waals surface area contributed by atoms with E-state index in [9.17, 15) is 0 Å². The highest BCUT2D eigenvalue weighted by Gasteiger charge is 2.22. The normalized spacial score (nSPS) is 16.6. The first-order chi connectivity index (χ1) is 16.4. The minimum atomic E-state index is -1.34. The summed E-state index contributed by atoms with van der Waals surface area (Å²) in [4.78, 5) is 0. The van der Waals surface area contributed by atoms with Crippen molar-refractivity contribution in [1.29, 1.82) is 0 Å². The SMILES string of the molecule is [2H]C([2H])(c1cc[n+](C)c(-c2c(C)ccc3c2oc2cc4ccccc4cc23)c1)C1CCCCC1. The molecule has 0 bridgehead atoms. The van der Waals surface area contributed by atoms with Gasteiger partial charge < -0.3 is 4.42 Å². The van der Waals surface area contributed by atoms with Crippen molar-refractivity contribution in [3.63, 3.8) is 0 Å². The summed E-state index contributed by atoms with van der Waals surface area (Å²) in [5.74, 6) is 0.0809. The second-order valence-corrected chi connectivity index (χ2v) is 9.32. The molecule has 2 heterocycles. The molecule has 0 N–H and O–H groups in total. The maximum absolute atomic E-state index is 9.01. The van der Waals surface area contributed by atoms with Crippen molar-refractivity contribution in [3.8, 4) is 11.3 Å². The Balaban J connectivity index is 1.56. The molecule has 1 saturated carbocycles. The summed E-state index contributed by atoms with van der Waals surface area (Å²) in [7, 11) is 2.03. The standard InChI is InChI=1S/C30H30NO/c1-20-12-13-25-26-18-23-10-6-7-11-24(23)19-28(26)32-30(25)29(20)27-17-22(14-15-31(27)2)16-21-8-4-3-5-9-21/h6-7,10-15,17-19,21H,3-5,8-9,16H2,1-2H3/q+1/i16D2. The van der Waals surface area contributed by atoms with Crippen molar-refractivity contribution < 1.29 is 11.7 Å². The fourth-order valence-corrected chi connectivity index (χ4v) is 5.33. The van der Waals surface area contributed by atoms with Crippen LogP contribution in [0.1, 0.15) is 46.0 Å². The number of furan rings is 1. The van der Waals surface area contributed by atoms with Crippen molar-refractivity contribution in [3.05, 3.63) is 78.0 Å². The smallest absolute Gasteiger partial charge is 0.216 e. The molecule has 5 aromatic rings. The molecule has 1 aliphatic rings. The summed E-state index contributed by atoms with van der Waals surface area (Å²) >= 11 is 0. The topological polar surface area (TPSA) is 17.0 Å². The zero-order valence-electron chi connectivity index (χ0n) is 20.8. The van der Waals surface area contributed by atoms with E-state index in [0.29, 0.717) is 0 Å². The molecular weight excluding hydrogens is 390 g/mol. The summed E-state index contributed by atoms with van der Waals surface area (Å²) < 4.78 is 26.6. The highest BCUT2D eigenvalue weighted by molar-refractivity contribution is 6.13. The Morgan fingerprint density at radius 3 is 2.53 bits per heavy atom. The molecule has 0 amide bonds. The summed E-state index contributed by atoms with van der Waals surface area (Å²) in [5.41, 5.74) is 5.69. The molecule has 0 unspecified atom stereocenters. The van der Waals surface area contributed by atoms with E-state index in [4.69, 9.17) is 7.16 Å². The third-order valence-electron chi connectivity index (χ3n) is 7.10. The molecule has 2 aromatic heterocycles. The van der Waals surface area contributed by atoms with E-state index in [1.54, 1.807) is 0 Å². The predicted octanol–water partition coefficient (Wildman–Crippen LogP) is 7.66. The van der Waals surface area contributed by atoms with Gasteiger partial charge in [0, 0.05) is 25.6 Å². The lowest BCUT2D eigenvalue weighted by atomic mass is 9.85. The molecule has 0 aliphatic heterocycles. The molecule has 0 atom stereocenters. The maximum atomic E-state index is 9.01. The van der Waals surface area contributed by atoms with E-state index in [1.807, 2.05) is 19.3 Å². The summed E-state index contributed by atoms with van der Waals surface area (Å²) in [6.07, 6.45) is 6.08. The van der Waals surface area contributed by atoms with Crippen LogP contribution in [-0.2, 0) is 13.4 Å². The van der Waals surface area contributed by atoms with Crippen LogP contribution < -0.4 is 4.57 Å². The Kier molecular flexibility index (Phi) is 4.24. The molecule has 6 rings (SSSR count). The summed E-state index contributed by atoms with van der Waals surface area (Å²) in [6.45, 7) is 2.11. The molecule has 0 radical (unpaired) electrons. The van der Waals surface area contributed by atoms with Crippen LogP contribution in [0.25, 0.3) is 44.0 Å². The molecule has 2 nitrogen and oxygen atoms in total. The van der Waals surface area contributed by atoms with E-state index in [1.165, 1.54) is 17.2 Å². The average Bonchev–Trinajstić information content (AvgIpc) is 3.21. The van der Waals surface area contributed by atoms with Gasteiger partial charge in [-0.2, -0.15) is 0 Å². The van der Waals surface area contributed by atoms with Crippen LogP contribution in [0.3, 0.4) is 0 Å². The Morgan fingerprint density at radius 2 is 1.72 bits per heavy atom. The molecule has 3 aromatic carbocycles. The lowest BCUT2D eigenvalue weighted by Gasteiger charge is -2.21. The largest absolute Gasteiger partial charge is 0.455 e. The van der Waals surface area contributed by atoms with Crippen molar-refractivity contribution in [1.82, 2.24) is 0 Å². The van der Waals surface area contributed by atoms with Crippen molar-refractivity contribution in [2.45, 2.75) is 45.4 Å². The number of hydrogen-bond donors (Lipinski definition) is 0. The van der Waals surface area contributed by atoms with Crippen LogP contribution in [0.2, 0.25) is 0 Å². The van der Waals surface area contributed by atoms with Gasteiger partial charge in [0.15, 0.2) is 6.20 Å². The number of pyridine rings is 1. The first-order valence-corrected chi connectivity index (χ1v) is 11.8. The first-order valence-electron chi connectivity index (χ1n) is 12.8. The van der Waals surface area contributed by atoms with Gasteiger partial charge >= 0.3 is 0 Å². The molecule has 1 fully saturated rings. The lowest BCUT2D eigenvalue weighted by Crippen LogP contribution is -2.31.